The summed E-state index contributed by atoms with van der Waals surface area (Å²) in [4.78, 5) is 14.6. The first kappa shape index (κ1) is 29.9. The first-order chi connectivity index (χ1) is 17.2. The zero-order valence-electron chi connectivity index (χ0n) is 20.3. The monoisotopic (exact) mass is 586 g/mol. The molecule has 0 spiro atoms. The summed E-state index contributed by atoms with van der Waals surface area (Å²) < 4.78 is 127. The second-order valence-corrected chi connectivity index (χ2v) is 14.2. The van der Waals surface area contributed by atoms with E-state index in [-0.39, 0.29) is 25.3 Å². The van der Waals surface area contributed by atoms with Gasteiger partial charge in [0.2, 0.25) is 0 Å². The molecule has 1 saturated carbocycles. The second kappa shape index (κ2) is 9.81. The Morgan fingerprint density at radius 1 is 0.974 bits per heavy atom. The van der Waals surface area contributed by atoms with Gasteiger partial charge < -0.3 is 5.32 Å². The van der Waals surface area contributed by atoms with Gasteiger partial charge in [-0.05, 0) is 62.8 Å². The first-order valence-corrected chi connectivity index (χ1v) is 14.5. The topological polar surface area (TPSA) is 110 Å². The van der Waals surface area contributed by atoms with Gasteiger partial charge in [-0.2, -0.15) is 26.3 Å². The van der Waals surface area contributed by atoms with Gasteiger partial charge in [0.1, 0.15) is 5.69 Å². The molecule has 0 saturated heterocycles. The summed E-state index contributed by atoms with van der Waals surface area (Å²) in [5.41, 5.74) is -3.13. The smallest absolute Gasteiger partial charge is 0.350 e. The van der Waals surface area contributed by atoms with Crippen LogP contribution in [0.15, 0.2) is 46.3 Å². The van der Waals surface area contributed by atoms with Crippen molar-refractivity contribution in [1.29, 1.82) is 0 Å². The zero-order chi connectivity index (χ0) is 28.9. The SMILES string of the molecule is CC(C)([C@H]1C[C@@H](CNC(=O)c2ncc(C(F)(F)F)cc2S(C)(=O)=O)C1)S(=O)(=O)c1cccc(C(F)(F)F)c1. The van der Waals surface area contributed by atoms with Crippen LogP contribution < -0.4 is 5.32 Å². The van der Waals surface area contributed by atoms with Crippen molar-refractivity contribution in [3.05, 3.63) is 53.3 Å². The highest BCUT2D eigenvalue weighted by molar-refractivity contribution is 7.92. The average molecular weight is 587 g/mol. The minimum absolute atomic E-state index is 0.0408. The number of amides is 1. The summed E-state index contributed by atoms with van der Waals surface area (Å²) in [6.07, 6.45) is -8.03. The van der Waals surface area contributed by atoms with Gasteiger partial charge in [-0.25, -0.2) is 21.8 Å². The Kier molecular flexibility index (Phi) is 7.71. The molecule has 1 heterocycles. The normalized spacial score (nSPS) is 19.1. The molecule has 2 aromatic rings. The van der Waals surface area contributed by atoms with E-state index in [1.807, 2.05) is 0 Å². The molecule has 1 amide bonds. The Morgan fingerprint density at radius 3 is 2.08 bits per heavy atom. The fraction of sp³-hybridized carbons (Fsp3) is 0.478. The van der Waals surface area contributed by atoms with Crippen LogP contribution in [0.25, 0.3) is 0 Å². The molecule has 1 aromatic heterocycles. The van der Waals surface area contributed by atoms with Gasteiger partial charge in [-0.1, -0.05) is 6.07 Å². The van der Waals surface area contributed by atoms with Gasteiger partial charge in [0, 0.05) is 19.0 Å². The molecule has 210 valence electrons. The van der Waals surface area contributed by atoms with Crippen molar-refractivity contribution in [2.75, 3.05) is 12.8 Å². The van der Waals surface area contributed by atoms with Gasteiger partial charge in [-0.3, -0.25) is 4.79 Å². The maximum Gasteiger partial charge on any atom is 0.417 e. The molecule has 15 heteroatoms. The maximum atomic E-state index is 13.2. The molecule has 1 fully saturated rings. The standard InChI is InChI=1S/C23H24F6N2O5S2/c1-21(2,38(35,36)17-6-4-5-14(9-17)22(24,25)26)15-7-13(8-15)11-31-20(32)19-18(37(3,33)34)10-16(12-30-19)23(27,28)29/h4-6,9-10,12-13,15H,7-8,11H2,1-3H3,(H,31,32)/t13-,15+. The van der Waals surface area contributed by atoms with E-state index < -0.39 is 75.2 Å². The van der Waals surface area contributed by atoms with Crippen molar-refractivity contribution in [2.24, 2.45) is 11.8 Å². The van der Waals surface area contributed by atoms with E-state index >= 15 is 0 Å². The third-order valence-electron chi connectivity index (χ3n) is 6.73. The third kappa shape index (κ3) is 5.98. The Hall–Kier alpha value is -2.68. The summed E-state index contributed by atoms with van der Waals surface area (Å²) in [6.45, 7) is 2.78. The molecule has 0 bridgehead atoms. The summed E-state index contributed by atoms with van der Waals surface area (Å²) in [6, 6.07) is 3.81. The Balaban J connectivity index is 1.69. The number of benzene rings is 1. The number of halogens is 6. The maximum absolute atomic E-state index is 13.2. The van der Waals surface area contributed by atoms with Crippen LogP contribution in [-0.2, 0) is 32.0 Å². The van der Waals surface area contributed by atoms with Crippen molar-refractivity contribution in [3.63, 3.8) is 0 Å². The van der Waals surface area contributed by atoms with Crippen molar-refractivity contribution in [3.8, 4) is 0 Å². The van der Waals surface area contributed by atoms with Crippen LogP contribution in [-0.4, -0.2) is 45.3 Å². The number of carbonyl (C=O) groups is 1. The van der Waals surface area contributed by atoms with E-state index in [0.29, 0.717) is 24.6 Å². The van der Waals surface area contributed by atoms with Crippen LogP contribution >= 0.6 is 0 Å². The molecule has 1 aliphatic carbocycles. The number of nitrogens with one attached hydrogen (secondary N) is 1. The average Bonchev–Trinajstić information content (AvgIpc) is 2.75. The van der Waals surface area contributed by atoms with Gasteiger partial charge >= 0.3 is 12.4 Å². The lowest BCUT2D eigenvalue weighted by molar-refractivity contribution is -0.138. The summed E-state index contributed by atoms with van der Waals surface area (Å²) in [5, 5.41) is 2.42. The number of nitrogens with zero attached hydrogens (tertiary/aromatic N) is 1. The van der Waals surface area contributed by atoms with Crippen LogP contribution in [0, 0.1) is 11.8 Å². The third-order valence-corrected chi connectivity index (χ3v) is 10.4. The van der Waals surface area contributed by atoms with Gasteiger partial charge in [0.25, 0.3) is 5.91 Å². The highest BCUT2D eigenvalue weighted by Gasteiger charge is 2.49. The van der Waals surface area contributed by atoms with Crippen LogP contribution in [0.3, 0.4) is 0 Å². The van der Waals surface area contributed by atoms with Crippen LogP contribution in [0.5, 0.6) is 0 Å². The van der Waals surface area contributed by atoms with Gasteiger partial charge in [-0.15, -0.1) is 0 Å². The molecular weight excluding hydrogens is 562 g/mol. The second-order valence-electron chi connectivity index (χ2n) is 9.72. The summed E-state index contributed by atoms with van der Waals surface area (Å²) >= 11 is 0. The largest absolute Gasteiger partial charge is 0.417 e. The molecule has 3 rings (SSSR count). The number of carbonyl (C=O) groups excluding carboxylic acids is 1. The zero-order valence-corrected chi connectivity index (χ0v) is 21.9. The molecule has 7 nitrogen and oxygen atoms in total. The van der Waals surface area contributed by atoms with Crippen molar-refractivity contribution < 1.29 is 48.0 Å². The lowest BCUT2D eigenvalue weighted by Gasteiger charge is -2.44. The number of rotatable bonds is 7. The number of hydrogen-bond acceptors (Lipinski definition) is 6. The van der Waals surface area contributed by atoms with Crippen molar-refractivity contribution >= 4 is 25.6 Å². The molecule has 1 aliphatic rings. The number of pyridine rings is 1. The number of alkyl halides is 6. The number of sulfone groups is 2. The molecule has 1 aromatic carbocycles. The lowest BCUT2D eigenvalue weighted by atomic mass is 9.69. The fourth-order valence-corrected chi connectivity index (χ4v) is 6.82. The Labute approximate surface area is 215 Å². The molecule has 0 radical (unpaired) electrons. The van der Waals surface area contributed by atoms with Crippen molar-refractivity contribution in [2.45, 2.75) is 53.6 Å². The van der Waals surface area contributed by atoms with E-state index in [1.54, 1.807) is 0 Å². The van der Waals surface area contributed by atoms with Crippen LogP contribution in [0.2, 0.25) is 0 Å². The summed E-state index contributed by atoms with van der Waals surface area (Å²) in [7, 11) is -8.41. The van der Waals surface area contributed by atoms with E-state index in [9.17, 15) is 48.0 Å². The molecule has 38 heavy (non-hydrogen) atoms. The van der Waals surface area contributed by atoms with E-state index in [4.69, 9.17) is 0 Å². The first-order valence-electron chi connectivity index (χ1n) is 11.1. The lowest BCUT2D eigenvalue weighted by Crippen LogP contribution is -2.49. The van der Waals surface area contributed by atoms with Gasteiger partial charge in [0.05, 0.1) is 25.7 Å². The van der Waals surface area contributed by atoms with Crippen LogP contribution in [0.4, 0.5) is 26.3 Å². The Morgan fingerprint density at radius 2 is 1.55 bits per heavy atom. The minimum atomic E-state index is -4.87. The predicted molar refractivity (Wildman–Crippen MR) is 124 cm³/mol. The van der Waals surface area contributed by atoms with Gasteiger partial charge in [0.15, 0.2) is 19.7 Å². The van der Waals surface area contributed by atoms with Crippen LogP contribution in [0.1, 0.15) is 48.3 Å². The minimum Gasteiger partial charge on any atom is -0.350 e. The highest BCUT2D eigenvalue weighted by Crippen LogP contribution is 2.46. The fourth-order valence-electron chi connectivity index (χ4n) is 4.21. The quantitative estimate of drug-likeness (QED) is 0.478. The molecule has 0 aliphatic heterocycles. The van der Waals surface area contributed by atoms with E-state index in [0.717, 1.165) is 18.2 Å². The molecule has 1 N–H and O–H groups in total. The molecule has 0 unspecified atom stereocenters. The van der Waals surface area contributed by atoms with E-state index in [1.165, 1.54) is 13.8 Å². The Bertz CT molecular complexity index is 1450. The van der Waals surface area contributed by atoms with Crippen molar-refractivity contribution in [1.82, 2.24) is 10.3 Å². The van der Waals surface area contributed by atoms with E-state index in [2.05, 4.69) is 10.3 Å². The highest BCUT2D eigenvalue weighted by atomic mass is 32.2. The number of aromatic nitrogens is 1. The predicted octanol–water partition coefficient (Wildman–Crippen LogP) is 4.53. The molecular formula is C23H24F6N2O5S2. The summed E-state index contributed by atoms with van der Waals surface area (Å²) in [5.74, 6) is -1.73. The number of hydrogen-bond donors (Lipinski definition) is 1. The molecule has 0 atom stereocenters.